The third-order valence-electron chi connectivity index (χ3n) is 5.72. The molecule has 20 heavy (non-hydrogen) atoms. The van der Waals surface area contributed by atoms with Crippen LogP contribution in [0.2, 0.25) is 0 Å². The summed E-state index contributed by atoms with van der Waals surface area (Å²) in [5.74, 6) is 2.54. The topological polar surface area (TPSA) is 63.1 Å². The van der Waals surface area contributed by atoms with Crippen LogP contribution in [0.4, 0.5) is 0 Å². The first-order valence-electron chi connectivity index (χ1n) is 7.63. The van der Waals surface area contributed by atoms with Crippen molar-refractivity contribution in [3.05, 3.63) is 23.3 Å². The minimum absolute atomic E-state index is 0.149. The van der Waals surface area contributed by atoms with Crippen molar-refractivity contribution < 1.29 is 9.90 Å². The van der Waals surface area contributed by atoms with Gasteiger partial charge in [0.2, 0.25) is 0 Å². The minimum atomic E-state index is -0.931. The van der Waals surface area contributed by atoms with E-state index < -0.39 is 5.97 Å². The highest BCUT2D eigenvalue weighted by Gasteiger charge is 2.53. The van der Waals surface area contributed by atoms with E-state index in [0.29, 0.717) is 5.69 Å². The predicted molar refractivity (Wildman–Crippen MR) is 73.6 cm³/mol. The van der Waals surface area contributed by atoms with Crippen LogP contribution >= 0.6 is 0 Å². The maximum atomic E-state index is 11.1. The highest BCUT2D eigenvalue weighted by molar-refractivity contribution is 5.88. The van der Waals surface area contributed by atoms with E-state index in [0.717, 1.165) is 23.6 Å². The summed E-state index contributed by atoms with van der Waals surface area (Å²) in [6.45, 7) is 1.79. The molecule has 1 N–H and O–H groups in total. The summed E-state index contributed by atoms with van der Waals surface area (Å²) in [5, 5.41) is 9.11. The van der Waals surface area contributed by atoms with Crippen LogP contribution < -0.4 is 0 Å². The number of rotatable bonds is 2. The molecule has 1 aromatic rings. The average molecular weight is 272 g/mol. The Kier molecular flexibility index (Phi) is 2.48. The predicted octanol–water partition coefficient (Wildman–Crippen LogP) is 2.95. The minimum Gasteiger partial charge on any atom is -0.478 e. The van der Waals surface area contributed by atoms with Crippen LogP contribution in [-0.4, -0.2) is 21.0 Å². The van der Waals surface area contributed by atoms with Gasteiger partial charge in [0.15, 0.2) is 0 Å². The van der Waals surface area contributed by atoms with Crippen LogP contribution in [0.15, 0.2) is 6.20 Å². The van der Waals surface area contributed by atoms with Crippen molar-refractivity contribution in [2.45, 2.75) is 50.9 Å². The van der Waals surface area contributed by atoms with E-state index in [1.54, 1.807) is 6.92 Å². The lowest BCUT2D eigenvalue weighted by atomic mass is 9.49. The number of carbonyl (C=O) groups is 1. The van der Waals surface area contributed by atoms with Crippen molar-refractivity contribution in [3.8, 4) is 0 Å². The molecule has 4 bridgehead atoms. The van der Waals surface area contributed by atoms with Gasteiger partial charge in [-0.1, -0.05) is 0 Å². The van der Waals surface area contributed by atoms with E-state index in [9.17, 15) is 4.79 Å². The molecule has 0 spiro atoms. The fourth-order valence-electron chi connectivity index (χ4n) is 5.32. The van der Waals surface area contributed by atoms with Crippen molar-refractivity contribution in [2.75, 3.05) is 0 Å². The number of carboxylic acids is 1. The zero-order chi connectivity index (χ0) is 13.9. The van der Waals surface area contributed by atoms with Crippen molar-refractivity contribution >= 4 is 5.97 Å². The van der Waals surface area contributed by atoms with Crippen LogP contribution in [-0.2, 0) is 5.41 Å². The van der Waals surface area contributed by atoms with Gasteiger partial charge in [0.1, 0.15) is 5.82 Å². The van der Waals surface area contributed by atoms with Crippen molar-refractivity contribution in [3.63, 3.8) is 0 Å². The monoisotopic (exact) mass is 272 g/mol. The van der Waals surface area contributed by atoms with E-state index in [-0.39, 0.29) is 11.0 Å². The Labute approximate surface area is 118 Å². The van der Waals surface area contributed by atoms with E-state index in [1.807, 2.05) is 0 Å². The Bertz CT molecular complexity index is 547. The Morgan fingerprint density at radius 1 is 1.20 bits per heavy atom. The zero-order valence-corrected chi connectivity index (χ0v) is 11.8. The van der Waals surface area contributed by atoms with E-state index in [4.69, 9.17) is 5.11 Å². The van der Waals surface area contributed by atoms with Gasteiger partial charge in [-0.2, -0.15) is 0 Å². The molecule has 4 fully saturated rings. The molecule has 1 aromatic heterocycles. The van der Waals surface area contributed by atoms with Gasteiger partial charge in [-0.25, -0.2) is 14.8 Å². The molecule has 0 unspecified atom stereocenters. The number of carboxylic acid groups (broad SMARTS) is 1. The molecule has 4 heteroatoms. The molecule has 4 nitrogen and oxygen atoms in total. The Morgan fingerprint density at radius 3 is 2.20 bits per heavy atom. The number of aromatic nitrogens is 2. The molecule has 0 atom stereocenters. The van der Waals surface area contributed by atoms with Crippen molar-refractivity contribution in [1.29, 1.82) is 0 Å². The molecule has 0 radical (unpaired) electrons. The third kappa shape index (κ3) is 1.70. The van der Waals surface area contributed by atoms with Gasteiger partial charge in [-0.15, -0.1) is 0 Å². The van der Waals surface area contributed by atoms with Gasteiger partial charge >= 0.3 is 5.97 Å². The largest absolute Gasteiger partial charge is 0.478 e. The van der Waals surface area contributed by atoms with Gasteiger partial charge in [-0.3, -0.25) is 0 Å². The molecule has 0 amide bonds. The number of aromatic carboxylic acids is 1. The van der Waals surface area contributed by atoms with E-state index >= 15 is 0 Å². The number of hydrogen-bond donors (Lipinski definition) is 1. The highest BCUT2D eigenvalue weighted by atomic mass is 16.4. The maximum absolute atomic E-state index is 11.1. The van der Waals surface area contributed by atoms with Crippen molar-refractivity contribution in [2.24, 2.45) is 17.8 Å². The molecule has 1 heterocycles. The zero-order valence-electron chi connectivity index (χ0n) is 11.8. The SMILES string of the molecule is Cc1nc(C23CC4CC(CC(C4)C2)C3)ncc1C(=O)O. The lowest BCUT2D eigenvalue weighted by molar-refractivity contribution is -0.00952. The highest BCUT2D eigenvalue weighted by Crippen LogP contribution is 2.60. The normalized spacial score (nSPS) is 38.1. The first-order chi connectivity index (χ1) is 9.56. The van der Waals surface area contributed by atoms with Crippen LogP contribution in [0.5, 0.6) is 0 Å². The van der Waals surface area contributed by atoms with Gasteiger partial charge in [0, 0.05) is 11.6 Å². The van der Waals surface area contributed by atoms with Gasteiger partial charge in [0.05, 0.1) is 11.3 Å². The molecule has 0 aromatic carbocycles. The number of nitrogens with zero attached hydrogens (tertiary/aromatic N) is 2. The quantitative estimate of drug-likeness (QED) is 0.899. The molecular weight excluding hydrogens is 252 g/mol. The second kappa shape index (κ2) is 4.03. The maximum Gasteiger partial charge on any atom is 0.339 e. The summed E-state index contributed by atoms with van der Waals surface area (Å²) in [5.41, 5.74) is 0.994. The Balaban J connectivity index is 1.74. The molecule has 4 aliphatic rings. The lowest BCUT2D eigenvalue weighted by Crippen LogP contribution is -2.49. The molecule has 0 aliphatic heterocycles. The lowest BCUT2D eigenvalue weighted by Gasteiger charge is -2.56. The molecular formula is C16H20N2O2. The second-order valence-corrected chi connectivity index (χ2v) is 7.20. The average Bonchev–Trinajstić information content (AvgIpc) is 2.36. The number of aryl methyl sites for hydroxylation is 1. The second-order valence-electron chi connectivity index (χ2n) is 7.20. The first-order valence-corrected chi connectivity index (χ1v) is 7.63. The third-order valence-corrected chi connectivity index (χ3v) is 5.72. The standard InChI is InChI=1S/C16H20N2O2/c1-9-13(14(19)20)8-17-15(18-9)16-5-10-2-11(6-16)4-12(3-10)7-16/h8,10-12H,2-7H2,1H3,(H,19,20). The molecule has 106 valence electrons. The summed E-state index contributed by atoms with van der Waals surface area (Å²) in [6, 6.07) is 0. The fraction of sp³-hybridized carbons (Fsp3) is 0.688. The Morgan fingerprint density at radius 2 is 1.75 bits per heavy atom. The van der Waals surface area contributed by atoms with Crippen LogP contribution in [0.25, 0.3) is 0 Å². The van der Waals surface area contributed by atoms with Crippen LogP contribution in [0, 0.1) is 24.7 Å². The number of hydrogen-bond acceptors (Lipinski definition) is 3. The van der Waals surface area contributed by atoms with Gasteiger partial charge in [0.25, 0.3) is 0 Å². The summed E-state index contributed by atoms with van der Waals surface area (Å²) in [6.07, 6.45) is 9.33. The molecule has 5 rings (SSSR count). The fourth-order valence-corrected chi connectivity index (χ4v) is 5.32. The summed E-state index contributed by atoms with van der Waals surface area (Å²) < 4.78 is 0. The van der Waals surface area contributed by atoms with Crippen LogP contribution in [0.3, 0.4) is 0 Å². The van der Waals surface area contributed by atoms with E-state index in [1.165, 1.54) is 44.7 Å². The summed E-state index contributed by atoms with van der Waals surface area (Å²) in [7, 11) is 0. The molecule has 4 aliphatic carbocycles. The summed E-state index contributed by atoms with van der Waals surface area (Å²) in [4.78, 5) is 20.2. The van der Waals surface area contributed by atoms with Crippen LogP contribution in [0.1, 0.15) is 60.4 Å². The molecule has 4 saturated carbocycles. The smallest absolute Gasteiger partial charge is 0.339 e. The van der Waals surface area contributed by atoms with Crippen molar-refractivity contribution in [1.82, 2.24) is 9.97 Å². The molecule has 0 saturated heterocycles. The van der Waals surface area contributed by atoms with Gasteiger partial charge < -0.3 is 5.11 Å². The van der Waals surface area contributed by atoms with E-state index in [2.05, 4.69) is 9.97 Å². The first kappa shape index (κ1) is 12.3. The Hall–Kier alpha value is -1.45. The van der Waals surface area contributed by atoms with Gasteiger partial charge in [-0.05, 0) is 63.2 Å². The summed E-state index contributed by atoms with van der Waals surface area (Å²) >= 11 is 0.